The van der Waals surface area contributed by atoms with Crippen molar-refractivity contribution in [3.63, 3.8) is 0 Å². The Hall–Kier alpha value is -1.77. The highest BCUT2D eigenvalue weighted by Gasteiger charge is 2.09. The molecule has 1 aromatic heterocycles. The molecule has 1 aliphatic heterocycles. The number of nitrogens with zero attached hydrogens (tertiary/aromatic N) is 2. The minimum atomic E-state index is 1.06. The Morgan fingerprint density at radius 3 is 3.21 bits per heavy atom. The predicted molar refractivity (Wildman–Crippen MR) is 55.8 cm³/mol. The highest BCUT2D eigenvalue weighted by atomic mass is 15.0. The lowest BCUT2D eigenvalue weighted by Crippen LogP contribution is -1.91. The minimum absolute atomic E-state index is 1.06. The van der Waals surface area contributed by atoms with Crippen LogP contribution in [0.5, 0.6) is 0 Å². The summed E-state index contributed by atoms with van der Waals surface area (Å²) in [5, 5.41) is 3.35. The second-order valence-corrected chi connectivity index (χ2v) is 3.49. The van der Waals surface area contributed by atoms with Gasteiger partial charge >= 0.3 is 0 Å². The van der Waals surface area contributed by atoms with Crippen LogP contribution in [0.15, 0.2) is 36.9 Å². The maximum atomic E-state index is 4.04. The van der Waals surface area contributed by atoms with E-state index in [-0.39, 0.29) is 0 Å². The maximum absolute atomic E-state index is 4.04. The van der Waals surface area contributed by atoms with E-state index >= 15 is 0 Å². The summed E-state index contributed by atoms with van der Waals surface area (Å²) < 4.78 is 2.03. The van der Waals surface area contributed by atoms with E-state index in [1.165, 1.54) is 16.9 Å². The number of fused-ring (bicyclic) bond motifs is 1. The number of nitrogens with one attached hydrogen (secondary N) is 1. The van der Waals surface area contributed by atoms with Gasteiger partial charge in [-0.25, -0.2) is 4.98 Å². The molecule has 14 heavy (non-hydrogen) atoms. The fourth-order valence-electron chi connectivity index (χ4n) is 1.86. The normalized spacial score (nSPS) is 13.7. The first-order chi connectivity index (χ1) is 6.93. The highest BCUT2D eigenvalue weighted by Crippen LogP contribution is 2.24. The number of anilines is 1. The van der Waals surface area contributed by atoms with Crippen LogP contribution < -0.4 is 5.32 Å². The molecule has 0 saturated heterocycles. The molecule has 0 bridgehead atoms. The monoisotopic (exact) mass is 185 g/mol. The first kappa shape index (κ1) is 7.62. The van der Waals surface area contributed by atoms with Gasteiger partial charge < -0.3 is 9.88 Å². The number of hydrogen-bond acceptors (Lipinski definition) is 2. The molecule has 0 aliphatic carbocycles. The molecule has 0 saturated carbocycles. The maximum Gasteiger partial charge on any atom is 0.0991 e. The number of aromatic nitrogens is 2. The molecule has 0 atom stereocenters. The van der Waals surface area contributed by atoms with Crippen molar-refractivity contribution in [2.45, 2.75) is 6.42 Å². The summed E-state index contributed by atoms with van der Waals surface area (Å²) in [5.74, 6) is 0. The summed E-state index contributed by atoms with van der Waals surface area (Å²) >= 11 is 0. The zero-order valence-corrected chi connectivity index (χ0v) is 7.77. The van der Waals surface area contributed by atoms with E-state index < -0.39 is 0 Å². The Labute approximate surface area is 82.4 Å². The summed E-state index contributed by atoms with van der Waals surface area (Å²) in [7, 11) is 0. The smallest absolute Gasteiger partial charge is 0.0991 e. The van der Waals surface area contributed by atoms with Crippen LogP contribution >= 0.6 is 0 Å². The van der Waals surface area contributed by atoms with Gasteiger partial charge in [0.15, 0.2) is 0 Å². The molecular formula is C11H11N3. The lowest BCUT2D eigenvalue weighted by Gasteiger charge is -2.04. The van der Waals surface area contributed by atoms with Crippen molar-refractivity contribution in [2.24, 2.45) is 0 Å². The fourth-order valence-corrected chi connectivity index (χ4v) is 1.86. The topological polar surface area (TPSA) is 29.9 Å². The van der Waals surface area contributed by atoms with Gasteiger partial charge in [-0.2, -0.15) is 0 Å². The van der Waals surface area contributed by atoms with E-state index in [4.69, 9.17) is 0 Å². The van der Waals surface area contributed by atoms with Crippen molar-refractivity contribution in [1.29, 1.82) is 0 Å². The minimum Gasteiger partial charge on any atom is -0.384 e. The molecule has 1 aromatic carbocycles. The van der Waals surface area contributed by atoms with E-state index in [2.05, 4.69) is 28.5 Å². The van der Waals surface area contributed by atoms with E-state index in [0.717, 1.165) is 13.0 Å². The lowest BCUT2D eigenvalue weighted by molar-refractivity contribution is 1.04. The van der Waals surface area contributed by atoms with Gasteiger partial charge in [0.25, 0.3) is 0 Å². The Bertz CT molecular complexity index is 446. The zero-order chi connectivity index (χ0) is 9.38. The number of rotatable bonds is 1. The SMILES string of the molecule is c1cn(-c2ccc3c(c2)CCN3)cn1. The van der Waals surface area contributed by atoms with Crippen LogP contribution in [-0.4, -0.2) is 16.1 Å². The molecule has 0 radical (unpaired) electrons. The van der Waals surface area contributed by atoms with Crippen molar-refractivity contribution < 1.29 is 0 Å². The van der Waals surface area contributed by atoms with E-state index in [1.54, 1.807) is 6.20 Å². The van der Waals surface area contributed by atoms with Crippen molar-refractivity contribution in [1.82, 2.24) is 9.55 Å². The molecule has 70 valence electrons. The lowest BCUT2D eigenvalue weighted by atomic mass is 10.1. The van der Waals surface area contributed by atoms with Gasteiger partial charge in [-0.1, -0.05) is 0 Å². The number of hydrogen-bond donors (Lipinski definition) is 1. The molecular weight excluding hydrogens is 174 g/mol. The molecule has 3 nitrogen and oxygen atoms in total. The molecule has 3 heteroatoms. The fraction of sp³-hybridized carbons (Fsp3) is 0.182. The van der Waals surface area contributed by atoms with E-state index in [0.29, 0.717) is 0 Å². The molecule has 0 fully saturated rings. The average molecular weight is 185 g/mol. The van der Waals surface area contributed by atoms with Crippen LogP contribution in [0.4, 0.5) is 5.69 Å². The quantitative estimate of drug-likeness (QED) is 0.734. The Kier molecular flexibility index (Phi) is 1.56. The molecule has 1 N–H and O–H groups in total. The molecule has 2 aromatic rings. The van der Waals surface area contributed by atoms with Crippen molar-refractivity contribution in [3.8, 4) is 5.69 Å². The second-order valence-electron chi connectivity index (χ2n) is 3.49. The Morgan fingerprint density at radius 2 is 2.36 bits per heavy atom. The van der Waals surface area contributed by atoms with Gasteiger partial charge in [0.1, 0.15) is 0 Å². The summed E-state index contributed by atoms with van der Waals surface area (Å²) in [6.45, 7) is 1.06. The van der Waals surface area contributed by atoms with Crippen LogP contribution in [0.25, 0.3) is 5.69 Å². The van der Waals surface area contributed by atoms with Crippen LogP contribution in [0.3, 0.4) is 0 Å². The summed E-state index contributed by atoms with van der Waals surface area (Å²) in [4.78, 5) is 4.04. The molecule has 1 aliphatic rings. The van der Waals surface area contributed by atoms with E-state index in [1.807, 2.05) is 17.1 Å². The summed E-state index contributed by atoms with van der Waals surface area (Å²) in [6.07, 6.45) is 6.71. The molecule has 2 heterocycles. The average Bonchev–Trinajstić information content (AvgIpc) is 2.88. The largest absolute Gasteiger partial charge is 0.384 e. The molecule has 0 spiro atoms. The Morgan fingerprint density at radius 1 is 1.36 bits per heavy atom. The second kappa shape index (κ2) is 2.87. The first-order valence-electron chi connectivity index (χ1n) is 4.78. The van der Waals surface area contributed by atoms with Gasteiger partial charge in [0.05, 0.1) is 6.33 Å². The highest BCUT2D eigenvalue weighted by molar-refractivity contribution is 5.59. The van der Waals surface area contributed by atoms with Crippen molar-refractivity contribution in [3.05, 3.63) is 42.5 Å². The van der Waals surface area contributed by atoms with Gasteiger partial charge in [0, 0.05) is 30.3 Å². The standard InChI is InChI=1S/C11H11N3/c1-2-11-9(3-4-13-11)7-10(1)14-6-5-12-8-14/h1-2,5-8,13H,3-4H2. The predicted octanol–water partition coefficient (Wildman–Crippen LogP) is 1.84. The van der Waals surface area contributed by atoms with Gasteiger partial charge in [-0.15, -0.1) is 0 Å². The third-order valence-corrected chi connectivity index (χ3v) is 2.60. The molecule has 3 rings (SSSR count). The van der Waals surface area contributed by atoms with Gasteiger partial charge in [0.2, 0.25) is 0 Å². The third-order valence-electron chi connectivity index (χ3n) is 2.60. The van der Waals surface area contributed by atoms with Gasteiger partial charge in [-0.05, 0) is 30.2 Å². The number of imidazole rings is 1. The van der Waals surface area contributed by atoms with Gasteiger partial charge in [-0.3, -0.25) is 0 Å². The number of benzene rings is 1. The van der Waals surface area contributed by atoms with Crippen LogP contribution in [0.1, 0.15) is 5.56 Å². The summed E-state index contributed by atoms with van der Waals surface area (Å²) in [6, 6.07) is 6.47. The molecule has 0 unspecified atom stereocenters. The molecule has 0 amide bonds. The zero-order valence-electron chi connectivity index (χ0n) is 7.77. The van der Waals surface area contributed by atoms with Crippen molar-refractivity contribution >= 4 is 5.69 Å². The van der Waals surface area contributed by atoms with Crippen LogP contribution in [0.2, 0.25) is 0 Å². The van der Waals surface area contributed by atoms with Crippen molar-refractivity contribution in [2.75, 3.05) is 11.9 Å². The first-order valence-corrected chi connectivity index (χ1v) is 4.78. The van der Waals surface area contributed by atoms with Crippen LogP contribution in [0, 0.1) is 0 Å². The van der Waals surface area contributed by atoms with E-state index in [9.17, 15) is 0 Å². The summed E-state index contributed by atoms with van der Waals surface area (Å²) in [5.41, 5.74) is 3.86. The van der Waals surface area contributed by atoms with Crippen LogP contribution in [-0.2, 0) is 6.42 Å². The third kappa shape index (κ3) is 1.09. The Balaban J connectivity index is 2.09.